The number of piperidine rings is 2. The number of aromatic amines is 1. The van der Waals surface area contributed by atoms with Crippen molar-refractivity contribution < 1.29 is 9.59 Å². The maximum Gasteiger partial charge on any atom is 0.318 e. The van der Waals surface area contributed by atoms with Crippen molar-refractivity contribution in [3.63, 3.8) is 0 Å². The molecule has 3 amide bonds. The second-order valence-corrected chi connectivity index (χ2v) is 14.1. The molecular formula is C36H48N8O3. The van der Waals surface area contributed by atoms with Crippen LogP contribution in [0.4, 0.5) is 4.79 Å². The highest BCUT2D eigenvalue weighted by Gasteiger charge is 2.35. The van der Waals surface area contributed by atoms with Crippen LogP contribution in [0.15, 0.2) is 63.5 Å². The van der Waals surface area contributed by atoms with Gasteiger partial charge >= 0.3 is 6.03 Å². The molecule has 11 heteroatoms. The summed E-state index contributed by atoms with van der Waals surface area (Å²) in [5, 5.41) is 8.45. The van der Waals surface area contributed by atoms with Gasteiger partial charge in [-0.15, -0.1) is 0 Å². The number of H-pyrrole nitrogens is 1. The molecule has 250 valence electrons. The largest absolute Gasteiger partial charge is 0.341 e. The van der Waals surface area contributed by atoms with Gasteiger partial charge in [-0.3, -0.25) is 14.5 Å². The lowest BCUT2D eigenvalue weighted by atomic mass is 9.85. The molecule has 0 bridgehead atoms. The molecule has 1 aromatic heterocycles. The monoisotopic (exact) mass is 640 g/mol. The number of amides is 3. The Balaban J connectivity index is 1.01. The van der Waals surface area contributed by atoms with Crippen molar-refractivity contribution in [1.29, 1.82) is 0 Å². The number of hydrogen-bond donors (Lipinski definition) is 3. The summed E-state index contributed by atoms with van der Waals surface area (Å²) >= 11 is 0. The highest BCUT2D eigenvalue weighted by atomic mass is 16.2. The summed E-state index contributed by atoms with van der Waals surface area (Å²) in [5.74, 6) is 0.236. The van der Waals surface area contributed by atoms with Crippen molar-refractivity contribution >= 4 is 29.1 Å². The van der Waals surface area contributed by atoms with E-state index in [1.807, 2.05) is 46.3 Å². The van der Waals surface area contributed by atoms with Crippen LogP contribution < -0.4 is 16.3 Å². The van der Waals surface area contributed by atoms with Crippen LogP contribution in [0.2, 0.25) is 0 Å². The zero-order valence-corrected chi connectivity index (χ0v) is 27.7. The molecule has 47 heavy (non-hydrogen) atoms. The highest BCUT2D eigenvalue weighted by molar-refractivity contribution is 5.88. The zero-order valence-electron chi connectivity index (χ0n) is 27.7. The number of piperazine rings is 1. The summed E-state index contributed by atoms with van der Waals surface area (Å²) < 4.78 is 0. The van der Waals surface area contributed by atoms with Crippen LogP contribution in [-0.4, -0.2) is 120 Å². The number of carbonyl (C=O) groups excluding carboxylic acids is 2. The SMILES string of the molecule is CC1=CC(C[C@@H](NC(=O)N2CCC(c3cc4ccccc4[nH]c3=O)CC2)C(=O)N2CCC(N3CCN(C)CC3)CC2)=CC2C=NNC12. The molecule has 0 radical (unpaired) electrons. The Labute approximate surface area is 276 Å². The molecule has 3 saturated heterocycles. The van der Waals surface area contributed by atoms with Crippen molar-refractivity contribution in [3.05, 3.63) is 69.5 Å². The van der Waals surface area contributed by atoms with Crippen LogP contribution in [-0.2, 0) is 4.79 Å². The lowest BCUT2D eigenvalue weighted by molar-refractivity contribution is -0.135. The van der Waals surface area contributed by atoms with Crippen molar-refractivity contribution in [2.24, 2.45) is 11.0 Å². The van der Waals surface area contributed by atoms with Gasteiger partial charge in [0.2, 0.25) is 5.91 Å². The first-order valence-corrected chi connectivity index (χ1v) is 17.4. The van der Waals surface area contributed by atoms with E-state index in [0.29, 0.717) is 51.5 Å². The van der Waals surface area contributed by atoms with Gasteiger partial charge < -0.3 is 30.4 Å². The van der Waals surface area contributed by atoms with Crippen molar-refractivity contribution in [2.75, 3.05) is 59.4 Å². The van der Waals surface area contributed by atoms with E-state index in [9.17, 15) is 14.4 Å². The second-order valence-electron chi connectivity index (χ2n) is 14.1. The summed E-state index contributed by atoms with van der Waals surface area (Å²) in [4.78, 5) is 52.6. The molecule has 5 heterocycles. The first-order valence-electron chi connectivity index (χ1n) is 17.4. The molecule has 5 aliphatic rings. The van der Waals surface area contributed by atoms with Gasteiger partial charge in [0.1, 0.15) is 6.04 Å². The molecule has 0 spiro atoms. The number of rotatable bonds is 6. The fourth-order valence-corrected chi connectivity index (χ4v) is 8.13. The van der Waals surface area contributed by atoms with E-state index in [2.05, 4.69) is 56.8 Å². The van der Waals surface area contributed by atoms with E-state index in [-0.39, 0.29) is 35.4 Å². The highest BCUT2D eigenvalue weighted by Crippen LogP contribution is 2.30. The molecule has 1 aliphatic carbocycles. The molecule has 3 N–H and O–H groups in total. The third-order valence-corrected chi connectivity index (χ3v) is 11.0. The van der Waals surface area contributed by atoms with E-state index in [4.69, 9.17) is 0 Å². The van der Waals surface area contributed by atoms with Crippen molar-refractivity contribution in [3.8, 4) is 0 Å². The minimum Gasteiger partial charge on any atom is -0.341 e. The van der Waals surface area contributed by atoms with Crippen molar-refractivity contribution in [1.82, 2.24) is 35.3 Å². The van der Waals surface area contributed by atoms with Crippen molar-refractivity contribution in [2.45, 2.75) is 63.1 Å². The first-order chi connectivity index (χ1) is 22.8. The minimum absolute atomic E-state index is 0.0000478. The van der Waals surface area contributed by atoms with E-state index >= 15 is 0 Å². The third kappa shape index (κ3) is 6.87. The van der Waals surface area contributed by atoms with E-state index in [0.717, 1.165) is 61.1 Å². The summed E-state index contributed by atoms with van der Waals surface area (Å²) in [5.41, 5.74) is 6.97. The second kappa shape index (κ2) is 13.6. The molecular weight excluding hydrogens is 592 g/mol. The van der Waals surface area contributed by atoms with Crippen LogP contribution in [0.3, 0.4) is 0 Å². The standard InChI is InChI=1S/C36H48N8O3/c1-24-19-25(20-28-23-37-40-33(24)28)21-32(35(46)43-13-9-29(10-14-43)42-17-15-41(2)16-18-42)39-36(47)44-11-7-26(8-12-44)30-22-27-5-3-4-6-31(27)38-34(30)45/h3-6,19-20,22-23,26,28-29,32-33,40H,7-18,21H2,1-2H3,(H,38,45)(H,39,47)/t28?,32-,33?/m1/s1. The van der Waals surface area contributed by atoms with Gasteiger partial charge in [-0.1, -0.05) is 30.4 Å². The summed E-state index contributed by atoms with van der Waals surface area (Å²) in [7, 11) is 2.18. The smallest absolute Gasteiger partial charge is 0.318 e. The maximum absolute atomic E-state index is 14.2. The number of nitrogens with one attached hydrogen (secondary N) is 3. The third-order valence-electron chi connectivity index (χ3n) is 11.0. The van der Waals surface area contributed by atoms with Crippen LogP contribution in [0.1, 0.15) is 50.5 Å². The van der Waals surface area contributed by atoms with Crippen LogP contribution in [0.5, 0.6) is 0 Å². The number of fused-ring (bicyclic) bond motifs is 2. The van der Waals surface area contributed by atoms with Gasteiger partial charge in [-0.25, -0.2) is 4.79 Å². The average molecular weight is 641 g/mol. The fourth-order valence-electron chi connectivity index (χ4n) is 8.13. The number of allylic oxidation sites excluding steroid dienone is 1. The normalized spacial score (nSPS) is 25.2. The van der Waals surface area contributed by atoms with Crippen LogP contribution >= 0.6 is 0 Å². The Morgan fingerprint density at radius 2 is 1.70 bits per heavy atom. The Morgan fingerprint density at radius 3 is 2.47 bits per heavy atom. The number of nitrogens with zero attached hydrogens (tertiary/aromatic N) is 5. The topological polar surface area (TPSA) is 116 Å². The predicted octanol–water partition coefficient (Wildman–Crippen LogP) is 2.87. The molecule has 7 rings (SSSR count). The summed E-state index contributed by atoms with van der Waals surface area (Å²) in [6.07, 6.45) is 10.0. The molecule has 4 aliphatic heterocycles. The van der Waals surface area contributed by atoms with Gasteiger partial charge in [0.05, 0.1) is 6.04 Å². The number of likely N-dealkylation sites (tertiary alicyclic amines) is 2. The number of benzene rings is 1. The molecule has 3 fully saturated rings. The summed E-state index contributed by atoms with van der Waals surface area (Å²) in [6.45, 7) is 8.93. The van der Waals surface area contributed by atoms with Gasteiger partial charge in [-0.05, 0) is 74.2 Å². The van der Waals surface area contributed by atoms with Gasteiger partial charge in [-0.2, -0.15) is 5.10 Å². The number of urea groups is 1. The predicted molar refractivity (Wildman–Crippen MR) is 184 cm³/mol. The minimum atomic E-state index is -0.651. The number of hydrazone groups is 1. The van der Waals surface area contributed by atoms with Gasteiger partial charge in [0.25, 0.3) is 5.56 Å². The molecule has 11 nitrogen and oxygen atoms in total. The number of pyridine rings is 1. The molecule has 0 saturated carbocycles. The quantitative estimate of drug-likeness (QED) is 0.448. The number of aromatic nitrogens is 1. The lowest BCUT2D eigenvalue weighted by Crippen LogP contribution is -2.57. The zero-order chi connectivity index (χ0) is 32.5. The average Bonchev–Trinajstić information content (AvgIpc) is 3.57. The molecule has 3 atom stereocenters. The van der Waals surface area contributed by atoms with Crippen LogP contribution in [0.25, 0.3) is 10.9 Å². The number of likely N-dealkylation sites (N-methyl/N-ethyl adjacent to an activating group) is 1. The Kier molecular flexibility index (Phi) is 9.18. The Bertz CT molecular complexity index is 1620. The fraction of sp³-hybridized carbons (Fsp3) is 0.556. The van der Waals surface area contributed by atoms with Gasteiger partial charge in [0, 0.05) is 88.0 Å². The molecule has 2 aromatic rings. The Hall–Kier alpha value is -3.96. The molecule has 1 aromatic carbocycles. The maximum atomic E-state index is 14.2. The summed E-state index contributed by atoms with van der Waals surface area (Å²) in [6, 6.07) is 9.63. The van der Waals surface area contributed by atoms with Gasteiger partial charge in [0.15, 0.2) is 0 Å². The number of para-hydroxylation sites is 1. The number of hydrogen-bond acceptors (Lipinski definition) is 7. The number of carbonyl (C=O) groups is 2. The van der Waals surface area contributed by atoms with E-state index < -0.39 is 6.04 Å². The Morgan fingerprint density at radius 1 is 0.979 bits per heavy atom. The molecule has 2 unspecified atom stereocenters. The lowest BCUT2D eigenvalue weighted by Gasteiger charge is -2.42. The van der Waals surface area contributed by atoms with Crippen LogP contribution in [0, 0.1) is 5.92 Å². The first kappa shape index (κ1) is 31.6. The van der Waals surface area contributed by atoms with E-state index in [1.54, 1.807) is 0 Å². The van der Waals surface area contributed by atoms with E-state index in [1.165, 1.54) is 5.57 Å².